The van der Waals surface area contributed by atoms with Gasteiger partial charge in [-0.1, -0.05) is 29.5 Å². The fraction of sp³-hybridized carbons (Fsp3) is 0.423. The maximum absolute atomic E-state index is 14.0. The summed E-state index contributed by atoms with van der Waals surface area (Å²) in [5.74, 6) is 0.387. The Balaban J connectivity index is 1.69. The molecule has 0 radical (unpaired) electrons. The highest BCUT2D eigenvalue weighted by Gasteiger charge is 2.37. The molecule has 3 heterocycles. The second-order valence-electron chi connectivity index (χ2n) is 9.83. The van der Waals surface area contributed by atoms with Crippen molar-refractivity contribution in [3.63, 3.8) is 0 Å². The van der Waals surface area contributed by atoms with Crippen molar-refractivity contribution in [3.8, 4) is 10.8 Å². The molecule has 1 N–H and O–H groups in total. The van der Waals surface area contributed by atoms with Crippen molar-refractivity contribution in [2.75, 3.05) is 7.11 Å². The minimum atomic E-state index is -1.39. The third kappa shape index (κ3) is 4.26. The Hall–Kier alpha value is -3.73. The summed E-state index contributed by atoms with van der Waals surface area (Å²) in [5, 5.41) is 12.5. The molecule has 1 amide bonds. The number of aromatic nitrogens is 5. The van der Waals surface area contributed by atoms with Crippen molar-refractivity contribution in [2.24, 2.45) is 0 Å². The van der Waals surface area contributed by atoms with Crippen LogP contribution >= 0.6 is 11.3 Å². The van der Waals surface area contributed by atoms with Gasteiger partial charge in [-0.25, -0.2) is 9.36 Å². The van der Waals surface area contributed by atoms with Crippen LogP contribution in [-0.2, 0) is 23.3 Å². The second kappa shape index (κ2) is 9.62. The summed E-state index contributed by atoms with van der Waals surface area (Å²) < 4.78 is 8.18. The zero-order chi connectivity index (χ0) is 26.3. The third-order valence-corrected chi connectivity index (χ3v) is 8.42. The summed E-state index contributed by atoms with van der Waals surface area (Å²) in [6, 6.07) is 7.72. The molecule has 11 heteroatoms. The number of hydrogen-bond acceptors (Lipinski definition) is 7. The van der Waals surface area contributed by atoms with E-state index in [1.165, 1.54) is 16.1 Å². The number of hydrogen-bond donors (Lipinski definition) is 1. The van der Waals surface area contributed by atoms with Crippen LogP contribution in [0.25, 0.3) is 15.2 Å². The van der Waals surface area contributed by atoms with Gasteiger partial charge in [0.1, 0.15) is 21.1 Å². The molecule has 0 aliphatic heterocycles. The average Bonchev–Trinajstić information content (AvgIpc) is 3.49. The molecule has 0 unspecified atom stereocenters. The van der Waals surface area contributed by atoms with Gasteiger partial charge in [0.2, 0.25) is 5.91 Å². The fourth-order valence-corrected chi connectivity index (χ4v) is 5.93. The van der Waals surface area contributed by atoms with Crippen LogP contribution in [-0.4, -0.2) is 43.2 Å². The smallest absolute Gasteiger partial charge is 0.333 e. The largest absolute Gasteiger partial charge is 0.496 e. The standard InChI is InChI=1S/C26H30N6O4S/c1-16-20-21(33)31(26(2,3)24(34)29-18-9-7-10-18)25(35)30(15-12-17-8-5-6-11-19(17)36-4)23(20)37-22(16)32-27-13-14-28-32/h5-6,8,11,13-14,18H,7,9-10,12,15H2,1-4H3,(H,29,34). The monoisotopic (exact) mass is 522 g/mol. The summed E-state index contributed by atoms with van der Waals surface area (Å²) in [6.07, 6.45) is 6.49. The number of rotatable bonds is 8. The summed E-state index contributed by atoms with van der Waals surface area (Å²) in [6.45, 7) is 5.36. The number of fused-ring (bicyclic) bond motifs is 1. The molecular weight excluding hydrogens is 492 g/mol. The van der Waals surface area contributed by atoms with Gasteiger partial charge < -0.3 is 10.1 Å². The third-order valence-electron chi connectivity index (χ3n) is 7.14. The van der Waals surface area contributed by atoms with E-state index in [4.69, 9.17) is 4.74 Å². The molecule has 1 saturated carbocycles. The average molecular weight is 523 g/mol. The lowest BCUT2D eigenvalue weighted by Gasteiger charge is -2.32. The minimum absolute atomic E-state index is 0.0827. The van der Waals surface area contributed by atoms with Crippen molar-refractivity contribution < 1.29 is 9.53 Å². The highest BCUT2D eigenvalue weighted by atomic mass is 32.1. The number of para-hydroxylation sites is 1. The van der Waals surface area contributed by atoms with Crippen LogP contribution in [0, 0.1) is 6.92 Å². The van der Waals surface area contributed by atoms with Crippen molar-refractivity contribution in [2.45, 2.75) is 64.6 Å². The van der Waals surface area contributed by atoms with E-state index in [1.54, 1.807) is 37.9 Å². The van der Waals surface area contributed by atoms with Gasteiger partial charge in [0.05, 0.1) is 24.9 Å². The zero-order valence-corrected chi connectivity index (χ0v) is 22.2. The molecule has 0 saturated heterocycles. The number of thiophene rings is 1. The first-order valence-electron chi connectivity index (χ1n) is 12.3. The molecule has 1 aliphatic rings. The number of aryl methyl sites for hydroxylation is 3. The van der Waals surface area contributed by atoms with Crippen molar-refractivity contribution >= 4 is 27.5 Å². The lowest BCUT2D eigenvalue weighted by Crippen LogP contribution is -2.57. The Morgan fingerprint density at radius 3 is 2.54 bits per heavy atom. The van der Waals surface area contributed by atoms with Crippen LogP contribution in [0.4, 0.5) is 0 Å². The predicted octanol–water partition coefficient (Wildman–Crippen LogP) is 2.77. The van der Waals surface area contributed by atoms with E-state index in [-0.39, 0.29) is 11.9 Å². The second-order valence-corrected chi connectivity index (χ2v) is 10.8. The first kappa shape index (κ1) is 24.9. The van der Waals surface area contributed by atoms with Gasteiger partial charge >= 0.3 is 5.69 Å². The normalized spacial score (nSPS) is 14.1. The summed E-state index contributed by atoms with van der Waals surface area (Å²) in [5.41, 5.74) is -0.803. The Bertz CT molecular complexity index is 1580. The Kier molecular flexibility index (Phi) is 6.49. The zero-order valence-electron chi connectivity index (χ0n) is 21.4. The summed E-state index contributed by atoms with van der Waals surface area (Å²) >= 11 is 1.29. The van der Waals surface area contributed by atoms with Crippen molar-refractivity contribution in [1.29, 1.82) is 0 Å². The van der Waals surface area contributed by atoms with Gasteiger partial charge in [-0.15, -0.1) is 4.80 Å². The molecule has 0 spiro atoms. The number of carbonyl (C=O) groups is 1. The molecule has 0 atom stereocenters. The fourth-order valence-electron chi connectivity index (χ4n) is 4.69. The van der Waals surface area contributed by atoms with Crippen LogP contribution in [0.15, 0.2) is 46.2 Å². The first-order valence-corrected chi connectivity index (χ1v) is 13.1. The highest BCUT2D eigenvalue weighted by Crippen LogP contribution is 2.31. The van der Waals surface area contributed by atoms with Gasteiger partial charge in [-0.05, 0) is 58.1 Å². The number of benzene rings is 1. The minimum Gasteiger partial charge on any atom is -0.496 e. The van der Waals surface area contributed by atoms with Crippen molar-refractivity contribution in [1.82, 2.24) is 29.4 Å². The van der Waals surface area contributed by atoms with E-state index in [2.05, 4.69) is 15.5 Å². The van der Waals surface area contributed by atoms with E-state index in [1.807, 2.05) is 31.2 Å². The number of methoxy groups -OCH3 is 1. The molecule has 1 aliphatic carbocycles. The molecule has 1 fully saturated rings. The van der Waals surface area contributed by atoms with Crippen LogP contribution in [0.5, 0.6) is 5.75 Å². The number of carbonyl (C=O) groups excluding carboxylic acids is 1. The highest BCUT2D eigenvalue weighted by molar-refractivity contribution is 7.21. The number of amides is 1. The molecule has 10 nitrogen and oxygen atoms in total. The van der Waals surface area contributed by atoms with Crippen molar-refractivity contribution in [3.05, 3.63) is 68.6 Å². The van der Waals surface area contributed by atoms with Gasteiger partial charge in [0.25, 0.3) is 5.56 Å². The molecule has 4 aromatic rings. The predicted molar refractivity (Wildman–Crippen MR) is 142 cm³/mol. The molecular formula is C26H30N6O4S. The van der Waals surface area contributed by atoms with Crippen LogP contribution in [0.3, 0.4) is 0 Å². The lowest BCUT2D eigenvalue weighted by atomic mass is 9.91. The van der Waals surface area contributed by atoms with Crippen LogP contribution in [0.2, 0.25) is 0 Å². The molecule has 3 aromatic heterocycles. The van der Waals surface area contributed by atoms with Gasteiger partial charge in [-0.2, -0.15) is 10.2 Å². The van der Waals surface area contributed by atoms with Gasteiger partial charge in [-0.3, -0.25) is 14.2 Å². The SMILES string of the molecule is COc1ccccc1CCn1c(=O)n(C(C)(C)C(=O)NC2CCC2)c(=O)c2c(C)c(-n3nccn3)sc21. The quantitative estimate of drug-likeness (QED) is 0.381. The van der Waals surface area contributed by atoms with E-state index < -0.39 is 16.8 Å². The molecule has 0 bridgehead atoms. The number of nitrogens with one attached hydrogen (secondary N) is 1. The molecule has 194 valence electrons. The maximum atomic E-state index is 14.0. The first-order chi connectivity index (χ1) is 17.7. The summed E-state index contributed by atoms with van der Waals surface area (Å²) in [7, 11) is 1.61. The van der Waals surface area contributed by atoms with Crippen LogP contribution < -0.4 is 21.3 Å². The van der Waals surface area contributed by atoms with E-state index >= 15 is 0 Å². The number of nitrogens with zero attached hydrogens (tertiary/aromatic N) is 5. The molecule has 5 rings (SSSR count). The molecule has 1 aromatic carbocycles. The van der Waals surface area contributed by atoms with E-state index in [0.29, 0.717) is 33.7 Å². The van der Waals surface area contributed by atoms with Crippen LogP contribution in [0.1, 0.15) is 44.2 Å². The maximum Gasteiger partial charge on any atom is 0.333 e. The van der Waals surface area contributed by atoms with Gasteiger partial charge in [0.15, 0.2) is 0 Å². The lowest BCUT2D eigenvalue weighted by molar-refractivity contribution is -0.130. The summed E-state index contributed by atoms with van der Waals surface area (Å²) in [4.78, 5) is 43.2. The Morgan fingerprint density at radius 2 is 1.89 bits per heavy atom. The van der Waals surface area contributed by atoms with E-state index in [9.17, 15) is 14.4 Å². The Labute approximate surface area is 217 Å². The number of ether oxygens (including phenoxy) is 1. The molecule has 37 heavy (non-hydrogen) atoms. The topological polar surface area (TPSA) is 113 Å². The van der Waals surface area contributed by atoms with Gasteiger partial charge in [0, 0.05) is 18.2 Å². The Morgan fingerprint density at radius 1 is 1.19 bits per heavy atom. The van der Waals surface area contributed by atoms with E-state index in [0.717, 1.165) is 35.1 Å².